The average molecular weight is 301 g/mol. The summed E-state index contributed by atoms with van der Waals surface area (Å²) in [5.74, 6) is 0.869. The lowest BCUT2D eigenvalue weighted by Crippen LogP contribution is -2.29. The molecule has 5 nitrogen and oxygen atoms in total. The minimum Gasteiger partial charge on any atom is -0.369 e. The molecule has 1 aromatic heterocycles. The Morgan fingerprint density at radius 1 is 1.47 bits per heavy atom. The largest absolute Gasteiger partial charge is 0.369 e. The van der Waals surface area contributed by atoms with E-state index >= 15 is 0 Å². The molecule has 1 amide bonds. The minimum atomic E-state index is 0.204. The summed E-state index contributed by atoms with van der Waals surface area (Å²) in [6.07, 6.45) is 4.62. The van der Waals surface area contributed by atoms with Crippen molar-refractivity contribution in [2.75, 3.05) is 31.2 Å². The lowest BCUT2D eigenvalue weighted by Gasteiger charge is -2.15. The lowest BCUT2D eigenvalue weighted by atomic mass is 10.3. The predicted molar refractivity (Wildman–Crippen MR) is 77.7 cm³/mol. The third-order valence-corrected chi connectivity index (χ3v) is 3.70. The van der Waals surface area contributed by atoms with Crippen LogP contribution in [0.3, 0.4) is 0 Å². The molecule has 104 valence electrons. The van der Waals surface area contributed by atoms with Gasteiger partial charge in [-0.1, -0.05) is 23.4 Å². The van der Waals surface area contributed by atoms with E-state index in [-0.39, 0.29) is 5.91 Å². The Morgan fingerprint density at radius 2 is 2.21 bits per heavy atom. The van der Waals surface area contributed by atoms with Crippen molar-refractivity contribution in [2.24, 2.45) is 0 Å². The quantitative estimate of drug-likeness (QED) is 0.513. The topological polar surface area (TPSA) is 58.1 Å². The number of rotatable bonds is 5. The molecule has 0 unspecified atom stereocenters. The van der Waals surface area contributed by atoms with Crippen LogP contribution in [0.25, 0.3) is 0 Å². The van der Waals surface area contributed by atoms with Crippen LogP contribution in [0.2, 0.25) is 5.15 Å². The van der Waals surface area contributed by atoms with Gasteiger partial charge in [0.25, 0.3) is 0 Å². The van der Waals surface area contributed by atoms with E-state index < -0.39 is 0 Å². The summed E-state index contributed by atoms with van der Waals surface area (Å²) in [4.78, 5) is 22.1. The first-order valence-corrected chi connectivity index (χ1v) is 7.89. The van der Waals surface area contributed by atoms with Crippen LogP contribution in [-0.2, 0) is 4.79 Å². The van der Waals surface area contributed by atoms with Crippen LogP contribution in [0.4, 0.5) is 5.82 Å². The van der Waals surface area contributed by atoms with Crippen molar-refractivity contribution in [3.05, 3.63) is 11.2 Å². The third kappa shape index (κ3) is 4.24. The number of carbonyl (C=O) groups excluding carboxylic acids is 1. The molecule has 0 saturated carbocycles. The normalized spacial score (nSPS) is 14.7. The van der Waals surface area contributed by atoms with Crippen molar-refractivity contribution in [1.82, 2.24) is 14.9 Å². The molecule has 1 saturated heterocycles. The van der Waals surface area contributed by atoms with Crippen molar-refractivity contribution >= 4 is 35.1 Å². The molecule has 0 spiro atoms. The molecule has 1 aromatic rings. The van der Waals surface area contributed by atoms with E-state index in [1.54, 1.807) is 6.07 Å². The molecule has 0 aliphatic carbocycles. The molecule has 2 heterocycles. The molecule has 1 N–H and O–H groups in total. The van der Waals surface area contributed by atoms with Gasteiger partial charge in [-0.25, -0.2) is 9.97 Å². The number of nitrogens with one attached hydrogen (secondary N) is 1. The molecule has 19 heavy (non-hydrogen) atoms. The van der Waals surface area contributed by atoms with E-state index in [1.807, 2.05) is 11.2 Å². The zero-order chi connectivity index (χ0) is 13.7. The monoisotopic (exact) mass is 300 g/mol. The molecule has 0 bridgehead atoms. The second-order valence-electron chi connectivity index (χ2n) is 4.33. The fourth-order valence-corrected chi connectivity index (χ4v) is 2.61. The highest BCUT2D eigenvalue weighted by Gasteiger charge is 2.17. The van der Waals surface area contributed by atoms with Crippen LogP contribution in [0.5, 0.6) is 0 Å². The van der Waals surface area contributed by atoms with E-state index in [1.165, 1.54) is 11.8 Å². The van der Waals surface area contributed by atoms with Crippen molar-refractivity contribution in [3.63, 3.8) is 0 Å². The highest BCUT2D eigenvalue weighted by atomic mass is 35.5. The summed E-state index contributed by atoms with van der Waals surface area (Å²) in [6, 6.07) is 1.67. The lowest BCUT2D eigenvalue weighted by molar-refractivity contribution is -0.129. The fraction of sp³-hybridized carbons (Fsp3) is 0.583. The highest BCUT2D eigenvalue weighted by molar-refractivity contribution is 7.98. The Morgan fingerprint density at radius 3 is 2.89 bits per heavy atom. The smallest absolute Gasteiger partial charge is 0.224 e. The van der Waals surface area contributed by atoms with Gasteiger partial charge in [-0.2, -0.15) is 0 Å². The maximum absolute atomic E-state index is 11.8. The number of carbonyl (C=O) groups is 1. The first-order valence-electron chi connectivity index (χ1n) is 6.29. The number of likely N-dealkylation sites (tertiary alicyclic amines) is 1. The van der Waals surface area contributed by atoms with Gasteiger partial charge >= 0.3 is 0 Å². The van der Waals surface area contributed by atoms with Crippen molar-refractivity contribution < 1.29 is 4.79 Å². The molecule has 0 radical (unpaired) electrons. The zero-order valence-electron chi connectivity index (χ0n) is 10.9. The minimum absolute atomic E-state index is 0.204. The number of anilines is 1. The molecule has 7 heteroatoms. The Balaban J connectivity index is 1.81. The van der Waals surface area contributed by atoms with E-state index in [0.717, 1.165) is 25.9 Å². The molecule has 1 aliphatic rings. The molecule has 0 aromatic carbocycles. The van der Waals surface area contributed by atoms with Crippen LogP contribution in [0.1, 0.15) is 19.3 Å². The number of amides is 1. The molecule has 1 aliphatic heterocycles. The molecular formula is C12H17ClN4OS. The first kappa shape index (κ1) is 14.4. The molecule has 2 rings (SSSR count). The fourth-order valence-electron chi connectivity index (χ4n) is 2.00. The van der Waals surface area contributed by atoms with Crippen molar-refractivity contribution in [1.29, 1.82) is 0 Å². The second kappa shape index (κ2) is 6.96. The Labute approximate surface area is 122 Å². The van der Waals surface area contributed by atoms with Gasteiger partial charge in [0.1, 0.15) is 11.0 Å². The number of hydrogen-bond acceptors (Lipinski definition) is 5. The van der Waals surface area contributed by atoms with Gasteiger partial charge < -0.3 is 10.2 Å². The third-order valence-electron chi connectivity index (χ3n) is 2.96. The number of halogens is 1. The van der Waals surface area contributed by atoms with Crippen LogP contribution >= 0.6 is 23.4 Å². The van der Waals surface area contributed by atoms with Gasteiger partial charge in [0.05, 0.1) is 0 Å². The summed E-state index contributed by atoms with van der Waals surface area (Å²) >= 11 is 7.33. The average Bonchev–Trinajstić information content (AvgIpc) is 2.92. The van der Waals surface area contributed by atoms with Crippen LogP contribution < -0.4 is 5.32 Å². The van der Waals surface area contributed by atoms with Gasteiger partial charge in [-0.15, -0.1) is 0 Å². The Bertz CT molecular complexity index is 451. The molecule has 0 atom stereocenters. The summed E-state index contributed by atoms with van der Waals surface area (Å²) < 4.78 is 0. The predicted octanol–water partition coefficient (Wildman–Crippen LogP) is 2.28. The van der Waals surface area contributed by atoms with Crippen LogP contribution in [0, 0.1) is 0 Å². The molecule has 1 fully saturated rings. The number of hydrogen-bond donors (Lipinski definition) is 1. The summed E-state index contributed by atoms with van der Waals surface area (Å²) in [5, 5.41) is 4.15. The van der Waals surface area contributed by atoms with Gasteiger partial charge in [-0.05, 0) is 19.1 Å². The van der Waals surface area contributed by atoms with Crippen LogP contribution in [0.15, 0.2) is 11.2 Å². The SMILES string of the molecule is CSc1nc(Cl)cc(NCCC(=O)N2CCCC2)n1. The summed E-state index contributed by atoms with van der Waals surface area (Å²) in [7, 11) is 0. The van der Waals surface area contributed by atoms with Crippen LogP contribution in [-0.4, -0.2) is 46.7 Å². The van der Waals surface area contributed by atoms with Crippen molar-refractivity contribution in [2.45, 2.75) is 24.4 Å². The first-order chi connectivity index (χ1) is 9.19. The number of aromatic nitrogens is 2. The zero-order valence-corrected chi connectivity index (χ0v) is 12.4. The van der Waals surface area contributed by atoms with Gasteiger partial charge in [0, 0.05) is 32.1 Å². The van der Waals surface area contributed by atoms with Gasteiger partial charge in [0.15, 0.2) is 5.16 Å². The summed E-state index contributed by atoms with van der Waals surface area (Å²) in [6.45, 7) is 2.36. The molecular weight excluding hydrogens is 284 g/mol. The summed E-state index contributed by atoms with van der Waals surface area (Å²) in [5.41, 5.74) is 0. The van der Waals surface area contributed by atoms with Gasteiger partial charge in [-0.3, -0.25) is 4.79 Å². The Kier molecular flexibility index (Phi) is 5.27. The van der Waals surface area contributed by atoms with Crippen molar-refractivity contribution in [3.8, 4) is 0 Å². The Hall–Kier alpha value is -1.01. The number of nitrogens with zero attached hydrogens (tertiary/aromatic N) is 3. The maximum Gasteiger partial charge on any atom is 0.224 e. The highest BCUT2D eigenvalue weighted by Crippen LogP contribution is 2.17. The van der Waals surface area contributed by atoms with E-state index in [9.17, 15) is 4.79 Å². The standard InChI is InChI=1S/C12H17ClN4OS/c1-19-12-15-9(13)8-10(16-12)14-5-4-11(18)17-6-2-3-7-17/h8H,2-7H2,1H3,(H,14,15,16). The van der Waals surface area contributed by atoms with E-state index in [2.05, 4.69) is 15.3 Å². The van der Waals surface area contributed by atoms with E-state index in [4.69, 9.17) is 11.6 Å². The van der Waals surface area contributed by atoms with Gasteiger partial charge in [0.2, 0.25) is 5.91 Å². The maximum atomic E-state index is 11.8. The second-order valence-corrected chi connectivity index (χ2v) is 5.49. The number of thioether (sulfide) groups is 1. The van der Waals surface area contributed by atoms with E-state index in [0.29, 0.717) is 29.1 Å².